The van der Waals surface area contributed by atoms with Crippen LogP contribution >= 0.6 is 11.6 Å². The highest BCUT2D eigenvalue weighted by Gasteiger charge is 2.17. The first-order chi connectivity index (χ1) is 9.92. The van der Waals surface area contributed by atoms with Crippen molar-refractivity contribution >= 4 is 28.9 Å². The monoisotopic (exact) mass is 312 g/mol. The van der Waals surface area contributed by atoms with E-state index in [0.29, 0.717) is 11.1 Å². The quantitative estimate of drug-likeness (QED) is 0.853. The molecule has 2 aromatic carbocycles. The molecular formula is C14H11ClF2N2O2. The van der Waals surface area contributed by atoms with Gasteiger partial charge in [-0.25, -0.2) is 8.78 Å². The summed E-state index contributed by atoms with van der Waals surface area (Å²) < 4.78 is 31.7. The molecule has 4 nitrogen and oxygen atoms in total. The van der Waals surface area contributed by atoms with E-state index in [2.05, 4.69) is 5.32 Å². The summed E-state index contributed by atoms with van der Waals surface area (Å²) in [4.78, 5) is 12.2. The van der Waals surface area contributed by atoms with Gasteiger partial charge in [-0.2, -0.15) is 0 Å². The Kier molecular flexibility index (Phi) is 4.28. The molecule has 0 aliphatic carbocycles. The molecule has 7 heteroatoms. The van der Waals surface area contributed by atoms with Crippen LogP contribution < -0.4 is 15.8 Å². The van der Waals surface area contributed by atoms with Crippen LogP contribution in [0.2, 0.25) is 5.02 Å². The second-order valence-electron chi connectivity index (χ2n) is 4.15. The van der Waals surface area contributed by atoms with E-state index in [4.69, 9.17) is 22.1 Å². The molecule has 110 valence electrons. The van der Waals surface area contributed by atoms with E-state index >= 15 is 0 Å². The van der Waals surface area contributed by atoms with Crippen LogP contribution in [-0.4, -0.2) is 13.0 Å². The molecule has 21 heavy (non-hydrogen) atoms. The number of amides is 1. The smallest absolute Gasteiger partial charge is 0.259 e. The lowest BCUT2D eigenvalue weighted by Crippen LogP contribution is -2.15. The van der Waals surface area contributed by atoms with Gasteiger partial charge in [-0.3, -0.25) is 4.79 Å². The lowest BCUT2D eigenvalue weighted by molar-refractivity contribution is 0.102. The van der Waals surface area contributed by atoms with E-state index in [1.807, 2.05) is 0 Å². The first-order valence-electron chi connectivity index (χ1n) is 5.81. The van der Waals surface area contributed by atoms with Gasteiger partial charge in [0.2, 0.25) is 0 Å². The fraction of sp³-hybridized carbons (Fsp3) is 0.0714. The number of nitrogens with two attached hydrogens (primary N) is 1. The van der Waals surface area contributed by atoms with E-state index in [9.17, 15) is 13.6 Å². The van der Waals surface area contributed by atoms with Crippen LogP contribution in [0.1, 0.15) is 10.4 Å². The van der Waals surface area contributed by atoms with Gasteiger partial charge in [-0.15, -0.1) is 0 Å². The second-order valence-corrected chi connectivity index (χ2v) is 4.59. The third kappa shape index (κ3) is 3.22. The third-order valence-corrected chi connectivity index (χ3v) is 2.97. The average Bonchev–Trinajstić information content (AvgIpc) is 2.42. The zero-order chi connectivity index (χ0) is 15.6. The number of carbonyl (C=O) groups is 1. The minimum absolute atomic E-state index is 0.105. The number of rotatable bonds is 3. The van der Waals surface area contributed by atoms with Gasteiger partial charge in [0, 0.05) is 11.1 Å². The molecule has 2 rings (SSSR count). The van der Waals surface area contributed by atoms with Crippen LogP contribution in [0.3, 0.4) is 0 Å². The molecule has 0 unspecified atom stereocenters. The molecule has 0 radical (unpaired) electrons. The van der Waals surface area contributed by atoms with Gasteiger partial charge in [-0.05, 0) is 24.3 Å². The van der Waals surface area contributed by atoms with Gasteiger partial charge >= 0.3 is 0 Å². The van der Waals surface area contributed by atoms with Crippen molar-refractivity contribution in [3.63, 3.8) is 0 Å². The molecule has 0 bridgehead atoms. The number of carbonyl (C=O) groups excluding carboxylic acids is 1. The Morgan fingerprint density at radius 2 is 2.00 bits per heavy atom. The zero-order valence-electron chi connectivity index (χ0n) is 10.9. The number of nitrogens with one attached hydrogen (secondary N) is 1. The maximum Gasteiger partial charge on any atom is 0.259 e. The van der Waals surface area contributed by atoms with Crippen molar-refractivity contribution < 1.29 is 18.3 Å². The number of benzene rings is 2. The topological polar surface area (TPSA) is 64.3 Å². The molecule has 0 saturated carbocycles. The molecule has 0 atom stereocenters. The largest absolute Gasteiger partial charge is 0.496 e. The molecule has 0 saturated heterocycles. The number of methoxy groups -OCH3 is 1. The summed E-state index contributed by atoms with van der Waals surface area (Å²) in [6.45, 7) is 0. The number of anilines is 2. The number of hydrogen-bond donors (Lipinski definition) is 2. The van der Waals surface area contributed by atoms with Gasteiger partial charge in [-0.1, -0.05) is 11.6 Å². The predicted molar refractivity (Wildman–Crippen MR) is 76.7 cm³/mol. The van der Waals surface area contributed by atoms with Crippen molar-refractivity contribution in [2.75, 3.05) is 18.2 Å². The number of nitrogen functional groups attached to an aromatic ring is 1. The van der Waals surface area contributed by atoms with Crippen molar-refractivity contribution in [2.45, 2.75) is 0 Å². The molecular weight excluding hydrogens is 302 g/mol. The molecule has 0 spiro atoms. The Hall–Kier alpha value is -2.34. The maximum absolute atomic E-state index is 13.7. The summed E-state index contributed by atoms with van der Waals surface area (Å²) in [6.07, 6.45) is 0. The Morgan fingerprint density at radius 1 is 1.29 bits per heavy atom. The fourth-order valence-corrected chi connectivity index (χ4v) is 1.94. The normalized spacial score (nSPS) is 10.3. The molecule has 2 aromatic rings. The first kappa shape index (κ1) is 15.1. The SMILES string of the molecule is COc1ccc(Cl)cc1C(=O)Nc1c(N)cc(F)cc1F. The van der Waals surface area contributed by atoms with Crippen LogP contribution in [0, 0.1) is 11.6 Å². The Labute approximate surface area is 124 Å². The van der Waals surface area contributed by atoms with Gasteiger partial charge in [0.05, 0.1) is 18.4 Å². The number of ether oxygens (including phenoxy) is 1. The summed E-state index contributed by atoms with van der Waals surface area (Å²) in [7, 11) is 1.38. The minimum atomic E-state index is -0.971. The van der Waals surface area contributed by atoms with Gasteiger partial charge in [0.15, 0.2) is 5.82 Å². The lowest BCUT2D eigenvalue weighted by Gasteiger charge is -2.12. The predicted octanol–water partition coefficient (Wildman–Crippen LogP) is 3.46. The number of hydrogen-bond acceptors (Lipinski definition) is 3. The Bertz CT molecular complexity index is 684. The van der Waals surface area contributed by atoms with Crippen LogP contribution in [-0.2, 0) is 0 Å². The summed E-state index contributed by atoms with van der Waals surface area (Å²) in [5.74, 6) is -2.21. The van der Waals surface area contributed by atoms with E-state index in [1.165, 1.54) is 19.2 Å². The molecule has 0 aliphatic heterocycles. The van der Waals surface area contributed by atoms with Crippen molar-refractivity contribution in [3.8, 4) is 5.75 Å². The van der Waals surface area contributed by atoms with Crippen molar-refractivity contribution in [1.82, 2.24) is 0 Å². The van der Waals surface area contributed by atoms with Gasteiger partial charge in [0.1, 0.15) is 17.3 Å². The highest BCUT2D eigenvalue weighted by atomic mass is 35.5. The second kappa shape index (κ2) is 5.97. The first-order valence-corrected chi connectivity index (χ1v) is 6.19. The summed E-state index contributed by atoms with van der Waals surface area (Å²) in [6, 6.07) is 5.95. The summed E-state index contributed by atoms with van der Waals surface area (Å²) in [5, 5.41) is 2.59. The Morgan fingerprint density at radius 3 is 2.62 bits per heavy atom. The lowest BCUT2D eigenvalue weighted by atomic mass is 10.1. The van der Waals surface area contributed by atoms with Crippen LogP contribution in [0.5, 0.6) is 5.75 Å². The molecule has 0 heterocycles. The molecule has 0 aliphatic rings. The van der Waals surface area contributed by atoms with E-state index in [1.54, 1.807) is 6.07 Å². The molecule has 0 fully saturated rings. The van der Waals surface area contributed by atoms with Gasteiger partial charge in [0.25, 0.3) is 5.91 Å². The average molecular weight is 313 g/mol. The Balaban J connectivity index is 2.37. The van der Waals surface area contributed by atoms with E-state index in [-0.39, 0.29) is 22.7 Å². The maximum atomic E-state index is 13.7. The van der Waals surface area contributed by atoms with Crippen LogP contribution in [0.4, 0.5) is 20.2 Å². The minimum Gasteiger partial charge on any atom is -0.496 e. The fourth-order valence-electron chi connectivity index (χ4n) is 1.76. The zero-order valence-corrected chi connectivity index (χ0v) is 11.7. The standard InChI is InChI=1S/C14H11ClF2N2O2/c1-21-12-3-2-7(15)4-9(12)14(20)19-13-10(17)5-8(16)6-11(13)18/h2-6H,18H2,1H3,(H,19,20). The van der Waals surface area contributed by atoms with E-state index < -0.39 is 17.5 Å². The van der Waals surface area contributed by atoms with Gasteiger partial charge < -0.3 is 15.8 Å². The highest BCUT2D eigenvalue weighted by molar-refractivity contribution is 6.31. The number of halogens is 3. The molecule has 1 amide bonds. The highest BCUT2D eigenvalue weighted by Crippen LogP contribution is 2.27. The van der Waals surface area contributed by atoms with Crippen molar-refractivity contribution in [2.24, 2.45) is 0 Å². The summed E-state index contributed by atoms with van der Waals surface area (Å²) >= 11 is 5.82. The van der Waals surface area contributed by atoms with E-state index in [0.717, 1.165) is 6.07 Å². The van der Waals surface area contributed by atoms with Crippen molar-refractivity contribution in [1.29, 1.82) is 0 Å². The van der Waals surface area contributed by atoms with Crippen LogP contribution in [0.25, 0.3) is 0 Å². The third-order valence-electron chi connectivity index (χ3n) is 2.73. The summed E-state index contributed by atoms with van der Waals surface area (Å²) in [5.41, 5.74) is 5.08. The van der Waals surface area contributed by atoms with Crippen molar-refractivity contribution in [3.05, 3.63) is 52.6 Å². The molecule has 3 N–H and O–H groups in total. The van der Waals surface area contributed by atoms with Crippen LogP contribution in [0.15, 0.2) is 30.3 Å². The molecule has 0 aromatic heterocycles.